The molecular formula is C6H9N2O. The SMILES string of the molecule is C=C[N]N1CCCC1=O. The molecular weight excluding hydrogens is 116 g/mol. The number of hydrogen-bond donors (Lipinski definition) is 0. The van der Waals surface area contributed by atoms with Gasteiger partial charge in [-0.15, -0.1) is 0 Å². The van der Waals surface area contributed by atoms with Crippen LogP contribution in [0.3, 0.4) is 0 Å². The van der Waals surface area contributed by atoms with E-state index in [1.54, 1.807) is 0 Å². The van der Waals surface area contributed by atoms with E-state index in [1.807, 2.05) is 0 Å². The molecule has 3 heteroatoms. The van der Waals surface area contributed by atoms with E-state index in [2.05, 4.69) is 12.0 Å². The zero-order valence-electron chi connectivity index (χ0n) is 5.21. The highest BCUT2D eigenvalue weighted by molar-refractivity contribution is 5.77. The van der Waals surface area contributed by atoms with Gasteiger partial charge in [0.15, 0.2) is 0 Å². The summed E-state index contributed by atoms with van der Waals surface area (Å²) in [5.41, 5.74) is 3.75. The van der Waals surface area contributed by atoms with E-state index in [1.165, 1.54) is 11.2 Å². The largest absolute Gasteiger partial charge is 0.273 e. The third kappa shape index (κ3) is 1.22. The molecule has 0 bridgehead atoms. The molecule has 1 aliphatic heterocycles. The molecule has 0 atom stereocenters. The molecule has 1 radical (unpaired) electrons. The Hall–Kier alpha value is -0.990. The maximum Gasteiger partial charge on any atom is 0.242 e. The standard InChI is InChI=1S/C6H9N2O/c1-2-7-8-5-3-4-6(8)9/h2H,1,3-5H2. The van der Waals surface area contributed by atoms with Gasteiger partial charge in [-0.25, -0.2) is 5.01 Å². The third-order valence-corrected chi connectivity index (χ3v) is 1.27. The molecule has 0 spiro atoms. The van der Waals surface area contributed by atoms with Crippen molar-refractivity contribution >= 4 is 5.91 Å². The summed E-state index contributed by atoms with van der Waals surface area (Å²) in [5.74, 6) is 0.106. The third-order valence-electron chi connectivity index (χ3n) is 1.27. The highest BCUT2D eigenvalue weighted by atomic mass is 16.2. The molecule has 1 heterocycles. The number of amides is 1. The van der Waals surface area contributed by atoms with Crippen LogP contribution >= 0.6 is 0 Å². The van der Waals surface area contributed by atoms with Gasteiger partial charge in [0.25, 0.3) is 0 Å². The molecule has 1 saturated heterocycles. The van der Waals surface area contributed by atoms with Crippen molar-refractivity contribution in [2.75, 3.05) is 6.54 Å². The van der Waals surface area contributed by atoms with Crippen molar-refractivity contribution in [3.8, 4) is 0 Å². The number of rotatable bonds is 2. The maximum absolute atomic E-state index is 10.7. The van der Waals surface area contributed by atoms with Crippen molar-refractivity contribution in [2.24, 2.45) is 0 Å². The Kier molecular flexibility index (Phi) is 1.72. The summed E-state index contributed by atoms with van der Waals surface area (Å²) >= 11 is 0. The summed E-state index contributed by atoms with van der Waals surface area (Å²) in [7, 11) is 0. The maximum atomic E-state index is 10.7. The summed E-state index contributed by atoms with van der Waals surface area (Å²) in [6.45, 7) is 4.15. The van der Waals surface area contributed by atoms with Gasteiger partial charge in [-0.05, 0) is 6.42 Å². The van der Waals surface area contributed by atoms with E-state index in [0.29, 0.717) is 6.42 Å². The van der Waals surface area contributed by atoms with Gasteiger partial charge in [-0.1, -0.05) is 6.58 Å². The molecule has 1 fully saturated rings. The summed E-state index contributed by atoms with van der Waals surface area (Å²) in [6, 6.07) is 0. The molecule has 3 nitrogen and oxygen atoms in total. The van der Waals surface area contributed by atoms with E-state index in [9.17, 15) is 4.79 Å². The van der Waals surface area contributed by atoms with Crippen LogP contribution in [0.1, 0.15) is 12.8 Å². The monoisotopic (exact) mass is 125 g/mol. The van der Waals surface area contributed by atoms with E-state index < -0.39 is 0 Å². The number of carbonyl (C=O) groups excluding carboxylic acids is 1. The Labute approximate surface area is 54.3 Å². The van der Waals surface area contributed by atoms with Crippen LogP contribution in [0.2, 0.25) is 0 Å². The van der Waals surface area contributed by atoms with Crippen LogP contribution < -0.4 is 5.43 Å². The lowest BCUT2D eigenvalue weighted by atomic mass is 10.4. The van der Waals surface area contributed by atoms with Crippen molar-refractivity contribution in [1.29, 1.82) is 0 Å². The molecule has 1 amide bonds. The fourth-order valence-corrected chi connectivity index (χ4v) is 0.854. The molecule has 0 N–H and O–H groups in total. The minimum atomic E-state index is 0.106. The molecule has 0 saturated carbocycles. The first-order valence-corrected chi connectivity index (χ1v) is 2.96. The van der Waals surface area contributed by atoms with Gasteiger partial charge in [0, 0.05) is 19.2 Å². The molecule has 1 aliphatic rings. The smallest absolute Gasteiger partial charge is 0.242 e. The lowest BCUT2D eigenvalue weighted by Gasteiger charge is -2.09. The molecule has 0 aromatic heterocycles. The second kappa shape index (κ2) is 2.53. The van der Waals surface area contributed by atoms with E-state index in [0.717, 1.165) is 13.0 Å². The highest BCUT2D eigenvalue weighted by Crippen LogP contribution is 2.06. The molecule has 1 rings (SSSR count). The highest BCUT2D eigenvalue weighted by Gasteiger charge is 2.19. The lowest BCUT2D eigenvalue weighted by Crippen LogP contribution is -2.29. The lowest BCUT2D eigenvalue weighted by molar-refractivity contribution is -0.129. The minimum Gasteiger partial charge on any atom is -0.273 e. The first-order chi connectivity index (χ1) is 4.34. The van der Waals surface area contributed by atoms with Crippen molar-refractivity contribution < 1.29 is 4.79 Å². The van der Waals surface area contributed by atoms with Crippen LogP contribution in [0, 0.1) is 0 Å². The fraction of sp³-hybridized carbons (Fsp3) is 0.500. The first kappa shape index (κ1) is 6.13. The van der Waals surface area contributed by atoms with Gasteiger partial charge in [-0.3, -0.25) is 4.79 Å². The van der Waals surface area contributed by atoms with Crippen LogP contribution in [0.25, 0.3) is 0 Å². The normalized spacial score (nSPS) is 18.2. The average molecular weight is 125 g/mol. The Morgan fingerprint density at radius 3 is 3.00 bits per heavy atom. The van der Waals surface area contributed by atoms with Crippen LogP contribution in [0.15, 0.2) is 12.8 Å². The fourth-order valence-electron chi connectivity index (χ4n) is 0.854. The van der Waals surface area contributed by atoms with Crippen molar-refractivity contribution in [1.82, 2.24) is 10.4 Å². The van der Waals surface area contributed by atoms with Crippen LogP contribution in [0.4, 0.5) is 0 Å². The van der Waals surface area contributed by atoms with Gasteiger partial charge in [0.1, 0.15) is 0 Å². The van der Waals surface area contributed by atoms with E-state index in [4.69, 9.17) is 0 Å². The number of nitrogens with zero attached hydrogens (tertiary/aromatic N) is 2. The van der Waals surface area contributed by atoms with Gasteiger partial charge in [0.2, 0.25) is 5.91 Å². The summed E-state index contributed by atoms with van der Waals surface area (Å²) < 4.78 is 0. The Morgan fingerprint density at radius 2 is 2.56 bits per heavy atom. The molecule has 0 aromatic rings. The molecule has 0 aromatic carbocycles. The zero-order chi connectivity index (χ0) is 6.69. The van der Waals surface area contributed by atoms with Crippen LogP contribution in [-0.2, 0) is 4.79 Å². The topological polar surface area (TPSA) is 34.4 Å². The van der Waals surface area contributed by atoms with Gasteiger partial charge >= 0.3 is 0 Å². The Bertz CT molecular complexity index is 133. The molecule has 49 valence electrons. The molecule has 0 aliphatic carbocycles. The quantitative estimate of drug-likeness (QED) is 0.521. The molecule has 9 heavy (non-hydrogen) atoms. The summed E-state index contributed by atoms with van der Waals surface area (Å²) in [5, 5.41) is 1.45. The molecule has 0 unspecified atom stereocenters. The first-order valence-electron chi connectivity index (χ1n) is 2.96. The predicted octanol–water partition coefficient (Wildman–Crippen LogP) is 0.272. The zero-order valence-corrected chi connectivity index (χ0v) is 5.21. The van der Waals surface area contributed by atoms with Gasteiger partial charge in [-0.2, -0.15) is 5.43 Å². The Morgan fingerprint density at radius 1 is 1.78 bits per heavy atom. The predicted molar refractivity (Wildman–Crippen MR) is 33.3 cm³/mol. The summed E-state index contributed by atoms with van der Waals surface area (Å²) in [4.78, 5) is 10.7. The van der Waals surface area contributed by atoms with Crippen LogP contribution in [-0.4, -0.2) is 17.5 Å². The number of carbonyl (C=O) groups is 1. The summed E-state index contributed by atoms with van der Waals surface area (Å²) in [6.07, 6.45) is 2.96. The van der Waals surface area contributed by atoms with Crippen molar-refractivity contribution in [2.45, 2.75) is 12.8 Å². The van der Waals surface area contributed by atoms with Crippen molar-refractivity contribution in [3.05, 3.63) is 12.8 Å². The van der Waals surface area contributed by atoms with E-state index >= 15 is 0 Å². The number of hydrogen-bond acceptors (Lipinski definition) is 1. The average Bonchev–Trinajstić information content (AvgIpc) is 2.18. The second-order valence-electron chi connectivity index (χ2n) is 1.92. The Balaban J connectivity index is 2.39. The van der Waals surface area contributed by atoms with E-state index in [-0.39, 0.29) is 5.91 Å². The van der Waals surface area contributed by atoms with Crippen molar-refractivity contribution in [3.63, 3.8) is 0 Å². The van der Waals surface area contributed by atoms with Crippen LogP contribution in [0.5, 0.6) is 0 Å². The van der Waals surface area contributed by atoms with Gasteiger partial charge in [0.05, 0.1) is 0 Å². The van der Waals surface area contributed by atoms with Gasteiger partial charge < -0.3 is 0 Å². The minimum absolute atomic E-state index is 0.106. The second-order valence-corrected chi connectivity index (χ2v) is 1.92.